The Bertz CT molecular complexity index is 725. The number of nitrogens with zero attached hydrogens (tertiary/aromatic N) is 1. The monoisotopic (exact) mass is 570 g/mol. The fourth-order valence-electron chi connectivity index (χ4n) is 4.62. The van der Waals surface area contributed by atoms with Crippen LogP contribution in [0, 0.1) is 0 Å². The molecular formula is C32H61NO5P+. The van der Waals surface area contributed by atoms with Crippen molar-refractivity contribution in [1.82, 2.24) is 0 Å². The highest BCUT2D eigenvalue weighted by Gasteiger charge is 2.22. The summed E-state index contributed by atoms with van der Waals surface area (Å²) < 4.78 is 29.4. The Morgan fingerprint density at radius 1 is 0.718 bits per heavy atom. The molecule has 0 bridgehead atoms. The van der Waals surface area contributed by atoms with E-state index in [1.165, 1.54) is 89.0 Å². The lowest BCUT2D eigenvalue weighted by molar-refractivity contribution is -0.870. The molecule has 1 aromatic carbocycles. The first kappa shape index (κ1) is 36.3. The summed E-state index contributed by atoms with van der Waals surface area (Å²) in [6.07, 6.45) is 21.6. The summed E-state index contributed by atoms with van der Waals surface area (Å²) in [6, 6.07) is 10.3. The molecule has 0 spiro atoms. The second kappa shape index (κ2) is 22.9. The van der Waals surface area contributed by atoms with Crippen molar-refractivity contribution in [2.45, 2.75) is 129 Å². The number of phosphoric acid groups is 1. The van der Waals surface area contributed by atoms with Gasteiger partial charge < -0.3 is 14.1 Å². The van der Waals surface area contributed by atoms with E-state index in [9.17, 15) is 9.46 Å². The third kappa shape index (κ3) is 23.6. The molecule has 0 aromatic heterocycles. The van der Waals surface area contributed by atoms with Crippen molar-refractivity contribution in [3.8, 4) is 0 Å². The zero-order chi connectivity index (χ0) is 28.7. The van der Waals surface area contributed by atoms with E-state index >= 15 is 0 Å². The zero-order valence-electron chi connectivity index (χ0n) is 25.8. The van der Waals surface area contributed by atoms with Crippen LogP contribution in [0.1, 0.15) is 122 Å². The van der Waals surface area contributed by atoms with Gasteiger partial charge in [0.1, 0.15) is 13.2 Å². The minimum absolute atomic E-state index is 0.128. The average Bonchev–Trinajstić information content (AvgIpc) is 2.89. The average molecular weight is 571 g/mol. The smallest absolute Gasteiger partial charge is 0.374 e. The van der Waals surface area contributed by atoms with E-state index in [0.717, 1.165) is 19.3 Å². The van der Waals surface area contributed by atoms with Crippen LogP contribution < -0.4 is 0 Å². The van der Waals surface area contributed by atoms with Crippen molar-refractivity contribution >= 4 is 7.82 Å². The number of likely N-dealkylation sites (N-methyl/N-ethyl adjacent to an activating group) is 1. The molecule has 39 heavy (non-hydrogen) atoms. The van der Waals surface area contributed by atoms with Gasteiger partial charge >= 0.3 is 7.82 Å². The lowest BCUT2D eigenvalue weighted by Crippen LogP contribution is -2.37. The van der Waals surface area contributed by atoms with E-state index in [2.05, 4.69) is 19.1 Å². The maximum atomic E-state index is 12.1. The summed E-state index contributed by atoms with van der Waals surface area (Å²) >= 11 is 0. The summed E-state index contributed by atoms with van der Waals surface area (Å²) in [5, 5.41) is 0. The fraction of sp³-hybridized carbons (Fsp3) is 0.812. The van der Waals surface area contributed by atoms with Crippen LogP contribution in [0.25, 0.3) is 0 Å². The van der Waals surface area contributed by atoms with E-state index in [-0.39, 0.29) is 19.3 Å². The molecule has 0 saturated heterocycles. The first-order valence-electron chi connectivity index (χ1n) is 15.8. The Morgan fingerprint density at radius 3 is 1.74 bits per heavy atom. The SMILES string of the molecule is CCCCCCCCCCCCCCCCC(CCCOP(=O)(O)OCC[N+](C)(C)C)OCc1ccccc1. The van der Waals surface area contributed by atoms with E-state index in [1.54, 1.807) is 0 Å². The van der Waals surface area contributed by atoms with E-state index < -0.39 is 7.82 Å². The summed E-state index contributed by atoms with van der Waals surface area (Å²) in [4.78, 5) is 9.95. The topological polar surface area (TPSA) is 65.0 Å². The summed E-state index contributed by atoms with van der Waals surface area (Å²) in [5.74, 6) is 0. The third-order valence-corrected chi connectivity index (χ3v) is 8.17. The van der Waals surface area contributed by atoms with Gasteiger partial charge in [-0.2, -0.15) is 0 Å². The van der Waals surface area contributed by atoms with Crippen LogP contribution in [-0.2, 0) is 25.0 Å². The van der Waals surface area contributed by atoms with Crippen LogP contribution in [0.5, 0.6) is 0 Å². The van der Waals surface area contributed by atoms with Gasteiger partial charge in [-0.25, -0.2) is 4.57 Å². The molecule has 1 aromatic rings. The first-order valence-corrected chi connectivity index (χ1v) is 17.3. The number of hydrogen-bond acceptors (Lipinski definition) is 4. The number of phosphoric ester groups is 1. The van der Waals surface area contributed by atoms with Crippen LogP contribution in [0.4, 0.5) is 0 Å². The van der Waals surface area contributed by atoms with Gasteiger partial charge in [-0.15, -0.1) is 0 Å². The fourth-order valence-corrected chi connectivity index (χ4v) is 5.37. The zero-order valence-corrected chi connectivity index (χ0v) is 26.7. The molecular weight excluding hydrogens is 509 g/mol. The number of benzene rings is 1. The van der Waals surface area contributed by atoms with Crippen molar-refractivity contribution in [1.29, 1.82) is 0 Å². The molecule has 0 fully saturated rings. The van der Waals surface area contributed by atoms with Crippen molar-refractivity contribution in [3.05, 3.63) is 35.9 Å². The van der Waals surface area contributed by atoms with Crippen LogP contribution in [0.2, 0.25) is 0 Å². The van der Waals surface area contributed by atoms with Crippen LogP contribution >= 0.6 is 7.82 Å². The molecule has 0 radical (unpaired) electrons. The quantitative estimate of drug-likeness (QED) is 0.0649. The largest absolute Gasteiger partial charge is 0.472 e. The Hall–Kier alpha value is -0.750. The number of quaternary nitrogens is 1. The maximum Gasteiger partial charge on any atom is 0.472 e. The standard InChI is InChI=1S/C32H60NO5P/c1-5-6-7-8-9-10-11-12-13-14-15-16-17-21-25-32(36-30-31-23-19-18-20-24-31)26-22-28-37-39(34,35)38-29-27-33(2,3)4/h18-20,23-24,32H,5-17,21-22,25-30H2,1-4H3/p+1. The molecule has 2 unspecified atom stereocenters. The Labute approximate surface area is 241 Å². The van der Waals surface area contributed by atoms with Gasteiger partial charge in [-0.05, 0) is 24.8 Å². The van der Waals surface area contributed by atoms with Crippen molar-refractivity contribution < 1.29 is 27.7 Å². The molecule has 0 saturated carbocycles. The molecule has 6 nitrogen and oxygen atoms in total. The Morgan fingerprint density at radius 2 is 1.21 bits per heavy atom. The highest BCUT2D eigenvalue weighted by atomic mass is 31.2. The molecule has 0 aliphatic rings. The number of rotatable bonds is 27. The molecule has 0 aliphatic heterocycles. The first-order chi connectivity index (χ1) is 18.7. The van der Waals surface area contributed by atoms with Crippen LogP contribution in [0.15, 0.2) is 30.3 Å². The molecule has 0 aliphatic carbocycles. The van der Waals surface area contributed by atoms with Crippen molar-refractivity contribution in [2.24, 2.45) is 0 Å². The number of unbranched alkanes of at least 4 members (excludes halogenated alkanes) is 13. The van der Waals surface area contributed by atoms with Crippen LogP contribution in [-0.4, -0.2) is 56.4 Å². The van der Waals surface area contributed by atoms with Crippen molar-refractivity contribution in [2.75, 3.05) is 40.9 Å². The molecule has 1 N–H and O–H groups in total. The van der Waals surface area contributed by atoms with E-state index in [1.807, 2.05) is 39.3 Å². The van der Waals surface area contributed by atoms with E-state index in [0.29, 0.717) is 24.1 Å². The highest BCUT2D eigenvalue weighted by Crippen LogP contribution is 2.43. The normalized spacial score (nSPS) is 14.4. The van der Waals surface area contributed by atoms with Gasteiger partial charge in [0.25, 0.3) is 0 Å². The number of hydrogen-bond donors (Lipinski definition) is 1. The molecule has 1 rings (SSSR count). The van der Waals surface area contributed by atoms with Gasteiger partial charge in [0.2, 0.25) is 0 Å². The minimum atomic E-state index is -4.00. The summed E-state index contributed by atoms with van der Waals surface area (Å²) in [6.45, 7) is 3.90. The molecule has 7 heteroatoms. The molecule has 0 heterocycles. The second-order valence-electron chi connectivity index (χ2n) is 12.1. The molecule has 228 valence electrons. The maximum absolute atomic E-state index is 12.1. The third-order valence-electron chi connectivity index (χ3n) is 7.15. The predicted molar refractivity (Wildman–Crippen MR) is 164 cm³/mol. The van der Waals surface area contributed by atoms with Gasteiger partial charge in [-0.1, -0.05) is 127 Å². The summed E-state index contributed by atoms with van der Waals surface area (Å²) in [5.41, 5.74) is 1.17. The summed E-state index contributed by atoms with van der Waals surface area (Å²) in [7, 11) is 2.04. The van der Waals surface area contributed by atoms with Crippen molar-refractivity contribution in [3.63, 3.8) is 0 Å². The lowest BCUT2D eigenvalue weighted by Gasteiger charge is -2.24. The lowest BCUT2D eigenvalue weighted by atomic mass is 10.0. The van der Waals surface area contributed by atoms with E-state index in [4.69, 9.17) is 13.8 Å². The number of ether oxygens (including phenoxy) is 1. The van der Waals surface area contributed by atoms with Crippen LogP contribution in [0.3, 0.4) is 0 Å². The minimum Gasteiger partial charge on any atom is -0.374 e. The van der Waals surface area contributed by atoms with Gasteiger partial charge in [0.15, 0.2) is 0 Å². The van der Waals surface area contributed by atoms with Gasteiger partial charge in [0, 0.05) is 0 Å². The second-order valence-corrected chi connectivity index (χ2v) is 13.5. The van der Waals surface area contributed by atoms with Gasteiger partial charge in [0.05, 0.1) is 40.5 Å². The van der Waals surface area contributed by atoms with Gasteiger partial charge in [-0.3, -0.25) is 9.05 Å². The highest BCUT2D eigenvalue weighted by molar-refractivity contribution is 7.47. The molecule has 2 atom stereocenters. The Balaban J connectivity index is 2.21. The Kier molecular flexibility index (Phi) is 21.3. The predicted octanol–water partition coefficient (Wildman–Crippen LogP) is 9.06. The molecule has 0 amide bonds.